The van der Waals surface area contributed by atoms with Gasteiger partial charge in [0.15, 0.2) is 0 Å². The van der Waals surface area contributed by atoms with Crippen molar-refractivity contribution in [3.8, 4) is 0 Å². The number of benzene rings is 4. The molecule has 2 heteroatoms. The van der Waals surface area contributed by atoms with Crippen molar-refractivity contribution in [2.45, 2.75) is 46.6 Å². The van der Waals surface area contributed by atoms with E-state index >= 15 is 0 Å². The first-order chi connectivity index (χ1) is 17.4. The quantitative estimate of drug-likeness (QED) is 0.268. The van der Waals surface area contributed by atoms with Gasteiger partial charge in [0.1, 0.15) is 0 Å². The number of hydrogen-bond acceptors (Lipinski definition) is 2. The van der Waals surface area contributed by atoms with Crippen LogP contribution in [0.1, 0.15) is 50.5 Å². The van der Waals surface area contributed by atoms with Crippen molar-refractivity contribution >= 4 is 27.9 Å². The van der Waals surface area contributed by atoms with Gasteiger partial charge in [0.2, 0.25) is 0 Å². The molecule has 1 aliphatic carbocycles. The molecule has 180 valence electrons. The van der Waals surface area contributed by atoms with E-state index in [1.807, 2.05) is 12.2 Å². The highest BCUT2D eigenvalue weighted by Gasteiger charge is 2.31. The fourth-order valence-electron chi connectivity index (χ4n) is 5.73. The molecule has 0 radical (unpaired) electrons. The predicted molar refractivity (Wildman–Crippen MR) is 156 cm³/mol. The molecule has 0 saturated carbocycles. The van der Waals surface area contributed by atoms with Gasteiger partial charge >= 0.3 is 0 Å². The van der Waals surface area contributed by atoms with Gasteiger partial charge in [-0.1, -0.05) is 72.8 Å². The maximum Gasteiger partial charge on any atom is 0.0953 e. The molecule has 0 aromatic heterocycles. The summed E-state index contributed by atoms with van der Waals surface area (Å²) in [7, 11) is 0. The molecule has 1 aliphatic rings. The van der Waals surface area contributed by atoms with E-state index in [0.717, 1.165) is 24.2 Å². The van der Waals surface area contributed by atoms with E-state index < -0.39 is 0 Å². The summed E-state index contributed by atoms with van der Waals surface area (Å²) in [6, 6.07) is 22.2. The van der Waals surface area contributed by atoms with Gasteiger partial charge in [-0.15, -0.1) is 13.2 Å². The standard InChI is InChI=1S/C34H34N2/c1-7-11-25-17-21(3)31(22(4)18-25)35-33-28-15-9-13-27-14-10-16-29(30(27)28)34(33)36-32-23(5)19-26(12-8-2)20-24(32)6/h7-10,13-20,33,35H,1-2,11-12H2,3-6H3/b36-34+. The number of nitrogens with zero attached hydrogens (tertiary/aromatic N) is 1. The summed E-state index contributed by atoms with van der Waals surface area (Å²) in [5.41, 5.74) is 13.3. The van der Waals surface area contributed by atoms with Crippen LogP contribution in [-0.4, -0.2) is 5.71 Å². The third-order valence-corrected chi connectivity index (χ3v) is 7.22. The van der Waals surface area contributed by atoms with Gasteiger partial charge in [0.25, 0.3) is 0 Å². The number of hydrogen-bond donors (Lipinski definition) is 1. The van der Waals surface area contributed by atoms with Crippen LogP contribution in [0.4, 0.5) is 11.4 Å². The van der Waals surface area contributed by atoms with E-state index in [-0.39, 0.29) is 6.04 Å². The molecule has 1 N–H and O–H groups in total. The summed E-state index contributed by atoms with van der Waals surface area (Å²) in [5, 5.41) is 6.48. The Balaban J connectivity index is 1.67. The number of rotatable bonds is 7. The lowest BCUT2D eigenvalue weighted by atomic mass is 9.99. The maximum absolute atomic E-state index is 5.40. The van der Waals surface area contributed by atoms with Gasteiger partial charge in [-0.2, -0.15) is 0 Å². The zero-order valence-electron chi connectivity index (χ0n) is 21.8. The number of aryl methyl sites for hydroxylation is 4. The molecular weight excluding hydrogens is 436 g/mol. The Morgan fingerprint density at radius 1 is 0.778 bits per heavy atom. The molecule has 2 nitrogen and oxygen atoms in total. The van der Waals surface area contributed by atoms with Crippen molar-refractivity contribution in [1.82, 2.24) is 0 Å². The normalized spacial score (nSPS) is 15.4. The second-order valence-corrected chi connectivity index (χ2v) is 9.99. The second kappa shape index (κ2) is 9.62. The largest absolute Gasteiger partial charge is 0.372 e. The van der Waals surface area contributed by atoms with Crippen molar-refractivity contribution in [2.24, 2.45) is 4.99 Å². The van der Waals surface area contributed by atoms with E-state index in [0.29, 0.717) is 0 Å². The summed E-state index contributed by atoms with van der Waals surface area (Å²) < 4.78 is 0. The predicted octanol–water partition coefficient (Wildman–Crippen LogP) is 8.82. The van der Waals surface area contributed by atoms with Crippen LogP contribution < -0.4 is 5.32 Å². The van der Waals surface area contributed by atoms with Crippen molar-refractivity contribution < 1.29 is 0 Å². The molecule has 1 unspecified atom stereocenters. The minimum absolute atomic E-state index is 0.0274. The van der Waals surface area contributed by atoms with E-state index in [4.69, 9.17) is 4.99 Å². The molecular formula is C34H34N2. The van der Waals surface area contributed by atoms with Crippen molar-refractivity contribution in [2.75, 3.05) is 5.32 Å². The molecule has 0 aliphatic heterocycles. The zero-order chi connectivity index (χ0) is 25.4. The van der Waals surface area contributed by atoms with Crippen molar-refractivity contribution in [3.63, 3.8) is 0 Å². The van der Waals surface area contributed by atoms with Gasteiger partial charge in [0.05, 0.1) is 17.4 Å². The van der Waals surface area contributed by atoms with E-state index in [9.17, 15) is 0 Å². The van der Waals surface area contributed by atoms with Gasteiger partial charge in [-0.25, -0.2) is 4.99 Å². The first-order valence-corrected chi connectivity index (χ1v) is 12.7. The Morgan fingerprint density at radius 2 is 1.33 bits per heavy atom. The third-order valence-electron chi connectivity index (χ3n) is 7.22. The SMILES string of the molecule is C=CCc1cc(C)c(/N=C2\c3cccc4cccc(c34)C2Nc2c(C)cc(CC=C)cc2C)c(C)c1. The zero-order valence-corrected chi connectivity index (χ0v) is 21.8. The Kier molecular flexibility index (Phi) is 6.36. The van der Waals surface area contributed by atoms with Crippen LogP contribution in [0.25, 0.3) is 10.8 Å². The lowest BCUT2D eigenvalue weighted by molar-refractivity contribution is 1.05. The summed E-state index contributed by atoms with van der Waals surface area (Å²) in [4.78, 5) is 5.40. The molecule has 4 aromatic rings. The molecule has 1 atom stereocenters. The minimum atomic E-state index is -0.0274. The first-order valence-electron chi connectivity index (χ1n) is 12.7. The van der Waals surface area contributed by atoms with Crippen molar-refractivity contribution in [3.05, 3.63) is 130 Å². The molecule has 4 aromatic carbocycles. The molecule has 0 spiro atoms. The average molecular weight is 471 g/mol. The lowest BCUT2D eigenvalue weighted by Crippen LogP contribution is -2.19. The number of anilines is 1. The highest BCUT2D eigenvalue weighted by molar-refractivity contribution is 6.22. The molecule has 36 heavy (non-hydrogen) atoms. The Hall–Kier alpha value is -3.91. The first kappa shape index (κ1) is 23.8. The van der Waals surface area contributed by atoms with E-state index in [1.54, 1.807) is 0 Å². The number of allylic oxidation sites excluding steroid dienone is 2. The highest BCUT2D eigenvalue weighted by atomic mass is 15.0. The van der Waals surface area contributed by atoms with E-state index in [2.05, 4.69) is 107 Å². The Morgan fingerprint density at radius 3 is 1.92 bits per heavy atom. The van der Waals surface area contributed by atoms with Crippen LogP contribution in [0.5, 0.6) is 0 Å². The minimum Gasteiger partial charge on any atom is -0.372 e. The number of nitrogens with one attached hydrogen (secondary N) is 1. The molecule has 0 saturated heterocycles. The second-order valence-electron chi connectivity index (χ2n) is 9.99. The third kappa shape index (κ3) is 4.18. The monoisotopic (exact) mass is 470 g/mol. The van der Waals surface area contributed by atoms with Gasteiger partial charge in [0, 0.05) is 11.3 Å². The smallest absolute Gasteiger partial charge is 0.0953 e. The van der Waals surface area contributed by atoms with Crippen LogP contribution in [0.3, 0.4) is 0 Å². The molecule has 0 heterocycles. The Bertz CT molecular complexity index is 1490. The van der Waals surface area contributed by atoms with Gasteiger partial charge in [-0.05, 0) is 90.3 Å². The topological polar surface area (TPSA) is 24.4 Å². The Labute approximate surface area is 215 Å². The van der Waals surface area contributed by atoms with Gasteiger partial charge < -0.3 is 5.32 Å². The number of aliphatic imine (C=N–C) groups is 1. The molecule has 5 rings (SSSR count). The van der Waals surface area contributed by atoms with Crippen LogP contribution >= 0.6 is 0 Å². The lowest BCUT2D eigenvalue weighted by Gasteiger charge is -2.22. The fourth-order valence-corrected chi connectivity index (χ4v) is 5.73. The van der Waals surface area contributed by atoms with Crippen LogP contribution in [0.15, 0.2) is 91.0 Å². The fraction of sp³-hybridized carbons (Fsp3) is 0.206. The molecule has 0 fully saturated rings. The summed E-state index contributed by atoms with van der Waals surface area (Å²) in [6.45, 7) is 16.5. The average Bonchev–Trinajstić information content (AvgIpc) is 3.13. The van der Waals surface area contributed by atoms with Crippen LogP contribution in [-0.2, 0) is 12.8 Å². The molecule has 0 bridgehead atoms. The summed E-state index contributed by atoms with van der Waals surface area (Å²) in [6.07, 6.45) is 5.67. The van der Waals surface area contributed by atoms with Gasteiger partial charge in [-0.3, -0.25) is 0 Å². The maximum atomic E-state index is 5.40. The van der Waals surface area contributed by atoms with Crippen molar-refractivity contribution in [1.29, 1.82) is 0 Å². The van der Waals surface area contributed by atoms with E-state index in [1.165, 1.54) is 61.0 Å². The highest BCUT2D eigenvalue weighted by Crippen LogP contribution is 2.42. The summed E-state index contributed by atoms with van der Waals surface area (Å²) in [5.74, 6) is 0. The van der Waals surface area contributed by atoms with Crippen LogP contribution in [0.2, 0.25) is 0 Å². The molecule has 0 amide bonds. The summed E-state index contributed by atoms with van der Waals surface area (Å²) >= 11 is 0. The van der Waals surface area contributed by atoms with Crippen LogP contribution in [0, 0.1) is 27.7 Å².